The lowest BCUT2D eigenvalue weighted by Crippen LogP contribution is -2.39. The number of benzene rings is 1. The third-order valence-corrected chi connectivity index (χ3v) is 2.29. The molecule has 2 N–H and O–H groups in total. The van der Waals surface area contributed by atoms with E-state index in [1.807, 2.05) is 0 Å². The normalized spacial score (nSPS) is 11.6. The van der Waals surface area contributed by atoms with Gasteiger partial charge in [0, 0.05) is 5.56 Å². The molecular formula is C12H15NO4. The van der Waals surface area contributed by atoms with E-state index in [2.05, 4.69) is 5.32 Å². The van der Waals surface area contributed by atoms with Crippen molar-refractivity contribution >= 4 is 11.9 Å². The number of carbonyl (C=O) groups is 2. The van der Waals surface area contributed by atoms with Gasteiger partial charge in [-0.15, -0.1) is 0 Å². The molecule has 0 aliphatic heterocycles. The zero-order valence-corrected chi connectivity index (χ0v) is 9.77. The van der Waals surface area contributed by atoms with Gasteiger partial charge in [-0.3, -0.25) is 9.59 Å². The second-order valence-corrected chi connectivity index (χ2v) is 3.62. The minimum absolute atomic E-state index is 0.0988. The summed E-state index contributed by atoms with van der Waals surface area (Å²) in [6.07, 6.45) is 0.0988. The molecule has 0 aromatic heterocycles. The van der Waals surface area contributed by atoms with Crippen LogP contribution in [0.25, 0.3) is 0 Å². The van der Waals surface area contributed by atoms with Gasteiger partial charge in [0.1, 0.15) is 11.8 Å². The standard InChI is InChI=1S/C12H15NO4/c1-8(12(15)16)13-11(14)7-9-5-3-4-6-10(9)17-2/h3-6,8H,7H2,1-2H3,(H,13,14)(H,15,16)/t8-/m0/s1. The first-order valence-corrected chi connectivity index (χ1v) is 5.18. The predicted octanol–water partition coefficient (Wildman–Crippen LogP) is 0.827. The summed E-state index contributed by atoms with van der Waals surface area (Å²) in [6, 6.07) is 6.23. The molecule has 5 nitrogen and oxygen atoms in total. The largest absolute Gasteiger partial charge is 0.496 e. The van der Waals surface area contributed by atoms with Crippen molar-refractivity contribution in [2.75, 3.05) is 7.11 Å². The molecule has 1 atom stereocenters. The van der Waals surface area contributed by atoms with E-state index in [0.29, 0.717) is 5.75 Å². The second kappa shape index (κ2) is 5.89. The lowest BCUT2D eigenvalue weighted by atomic mass is 10.1. The summed E-state index contributed by atoms with van der Waals surface area (Å²) in [6.45, 7) is 1.42. The number of aliphatic carboxylic acids is 1. The van der Waals surface area contributed by atoms with Crippen LogP contribution in [-0.4, -0.2) is 30.1 Å². The van der Waals surface area contributed by atoms with Crippen molar-refractivity contribution in [2.24, 2.45) is 0 Å². The highest BCUT2D eigenvalue weighted by Crippen LogP contribution is 2.17. The van der Waals surface area contributed by atoms with Gasteiger partial charge in [-0.1, -0.05) is 18.2 Å². The van der Waals surface area contributed by atoms with Crippen LogP contribution in [0.2, 0.25) is 0 Å². The molecule has 1 rings (SSSR count). The van der Waals surface area contributed by atoms with E-state index < -0.39 is 12.0 Å². The molecule has 0 heterocycles. The molecule has 1 amide bonds. The van der Waals surface area contributed by atoms with Gasteiger partial charge in [0.25, 0.3) is 0 Å². The zero-order valence-electron chi connectivity index (χ0n) is 9.77. The van der Waals surface area contributed by atoms with Gasteiger partial charge in [0.2, 0.25) is 5.91 Å². The molecular weight excluding hydrogens is 222 g/mol. The lowest BCUT2D eigenvalue weighted by Gasteiger charge is -2.11. The highest BCUT2D eigenvalue weighted by atomic mass is 16.5. The molecule has 17 heavy (non-hydrogen) atoms. The number of hydrogen-bond acceptors (Lipinski definition) is 3. The van der Waals surface area contributed by atoms with Crippen LogP contribution in [0.4, 0.5) is 0 Å². The minimum Gasteiger partial charge on any atom is -0.496 e. The summed E-state index contributed by atoms with van der Waals surface area (Å²) in [4.78, 5) is 22.1. The summed E-state index contributed by atoms with van der Waals surface area (Å²) < 4.78 is 5.10. The summed E-state index contributed by atoms with van der Waals surface area (Å²) in [5, 5.41) is 11.0. The maximum absolute atomic E-state index is 11.6. The summed E-state index contributed by atoms with van der Waals surface area (Å²) in [5.74, 6) is -0.784. The van der Waals surface area contributed by atoms with Crippen LogP contribution in [-0.2, 0) is 16.0 Å². The number of carboxylic acids is 1. The Labute approximate surface area is 99.4 Å². The van der Waals surface area contributed by atoms with Gasteiger partial charge in [-0.05, 0) is 13.0 Å². The minimum atomic E-state index is -1.06. The Kier molecular flexibility index (Phi) is 4.51. The Bertz CT molecular complexity index is 417. The molecule has 0 spiro atoms. The van der Waals surface area contributed by atoms with E-state index in [1.54, 1.807) is 24.3 Å². The van der Waals surface area contributed by atoms with Crippen LogP contribution in [0, 0.1) is 0 Å². The number of amides is 1. The molecule has 1 aromatic rings. The molecule has 1 aromatic carbocycles. The Hall–Kier alpha value is -2.04. The van der Waals surface area contributed by atoms with E-state index in [1.165, 1.54) is 14.0 Å². The van der Waals surface area contributed by atoms with Gasteiger partial charge in [0.15, 0.2) is 0 Å². The first kappa shape index (κ1) is 13.0. The van der Waals surface area contributed by atoms with Crippen molar-refractivity contribution in [1.82, 2.24) is 5.32 Å². The maximum Gasteiger partial charge on any atom is 0.325 e. The maximum atomic E-state index is 11.6. The lowest BCUT2D eigenvalue weighted by molar-refractivity contribution is -0.141. The smallest absolute Gasteiger partial charge is 0.325 e. The number of nitrogens with one attached hydrogen (secondary N) is 1. The van der Waals surface area contributed by atoms with Gasteiger partial charge < -0.3 is 15.2 Å². The fourth-order valence-electron chi connectivity index (χ4n) is 1.38. The molecule has 0 saturated carbocycles. The molecule has 0 aliphatic rings. The third-order valence-electron chi connectivity index (χ3n) is 2.29. The van der Waals surface area contributed by atoms with Crippen LogP contribution in [0.1, 0.15) is 12.5 Å². The number of methoxy groups -OCH3 is 1. The topological polar surface area (TPSA) is 75.6 Å². The molecule has 0 saturated heterocycles. The molecule has 0 radical (unpaired) electrons. The fraction of sp³-hybridized carbons (Fsp3) is 0.333. The quantitative estimate of drug-likeness (QED) is 0.795. The Morgan fingerprint density at radius 2 is 2.06 bits per heavy atom. The number of rotatable bonds is 5. The average Bonchev–Trinajstić information content (AvgIpc) is 2.29. The third kappa shape index (κ3) is 3.79. The average molecular weight is 237 g/mol. The molecule has 0 bridgehead atoms. The number of hydrogen-bond donors (Lipinski definition) is 2. The van der Waals surface area contributed by atoms with E-state index in [-0.39, 0.29) is 12.3 Å². The first-order valence-electron chi connectivity index (χ1n) is 5.18. The van der Waals surface area contributed by atoms with E-state index >= 15 is 0 Å². The van der Waals surface area contributed by atoms with Gasteiger partial charge in [-0.2, -0.15) is 0 Å². The van der Waals surface area contributed by atoms with Crippen LogP contribution in [0.15, 0.2) is 24.3 Å². The summed E-state index contributed by atoms with van der Waals surface area (Å²) >= 11 is 0. The number of carboxylic acid groups (broad SMARTS) is 1. The molecule has 92 valence electrons. The van der Waals surface area contributed by atoms with E-state index in [4.69, 9.17) is 9.84 Å². The van der Waals surface area contributed by atoms with Crippen molar-refractivity contribution in [3.05, 3.63) is 29.8 Å². The van der Waals surface area contributed by atoms with Gasteiger partial charge in [-0.25, -0.2) is 0 Å². The highest BCUT2D eigenvalue weighted by Gasteiger charge is 2.15. The monoisotopic (exact) mass is 237 g/mol. The highest BCUT2D eigenvalue weighted by molar-refractivity contribution is 5.84. The SMILES string of the molecule is COc1ccccc1CC(=O)N[C@@H](C)C(=O)O. The van der Waals surface area contributed by atoms with Gasteiger partial charge in [0.05, 0.1) is 13.5 Å². The van der Waals surface area contributed by atoms with Crippen molar-refractivity contribution < 1.29 is 19.4 Å². The number of carbonyl (C=O) groups excluding carboxylic acids is 1. The molecule has 0 aliphatic carbocycles. The van der Waals surface area contributed by atoms with Crippen molar-refractivity contribution in [3.8, 4) is 5.75 Å². The van der Waals surface area contributed by atoms with Gasteiger partial charge >= 0.3 is 5.97 Å². The van der Waals surface area contributed by atoms with Crippen LogP contribution < -0.4 is 10.1 Å². The molecule has 0 unspecified atom stereocenters. The Morgan fingerprint density at radius 1 is 1.41 bits per heavy atom. The Morgan fingerprint density at radius 3 is 2.65 bits per heavy atom. The van der Waals surface area contributed by atoms with E-state index in [0.717, 1.165) is 5.56 Å². The van der Waals surface area contributed by atoms with Crippen molar-refractivity contribution in [1.29, 1.82) is 0 Å². The first-order chi connectivity index (χ1) is 8.04. The number of ether oxygens (including phenoxy) is 1. The molecule has 5 heteroatoms. The predicted molar refractivity (Wildman–Crippen MR) is 61.9 cm³/mol. The van der Waals surface area contributed by atoms with Crippen molar-refractivity contribution in [3.63, 3.8) is 0 Å². The summed E-state index contributed by atoms with van der Waals surface area (Å²) in [5.41, 5.74) is 0.727. The number of para-hydroxylation sites is 1. The second-order valence-electron chi connectivity index (χ2n) is 3.62. The van der Waals surface area contributed by atoms with Crippen LogP contribution >= 0.6 is 0 Å². The summed E-state index contributed by atoms with van der Waals surface area (Å²) in [7, 11) is 1.52. The Balaban J connectivity index is 2.65. The van der Waals surface area contributed by atoms with E-state index in [9.17, 15) is 9.59 Å². The van der Waals surface area contributed by atoms with Crippen molar-refractivity contribution in [2.45, 2.75) is 19.4 Å². The fourth-order valence-corrected chi connectivity index (χ4v) is 1.38. The zero-order chi connectivity index (χ0) is 12.8. The molecule has 0 fully saturated rings. The van der Waals surface area contributed by atoms with Crippen LogP contribution in [0.3, 0.4) is 0 Å². The van der Waals surface area contributed by atoms with Crippen LogP contribution in [0.5, 0.6) is 5.75 Å².